The lowest BCUT2D eigenvalue weighted by Crippen LogP contribution is -2.19. The number of hydrogen-bond acceptors (Lipinski definition) is 7. The molecule has 0 saturated heterocycles. The Balaban J connectivity index is 1.56. The van der Waals surface area contributed by atoms with Crippen LogP contribution in [-0.2, 0) is 12.8 Å². The highest BCUT2D eigenvalue weighted by atomic mass is 79.9. The van der Waals surface area contributed by atoms with Crippen LogP contribution in [0.3, 0.4) is 0 Å². The predicted molar refractivity (Wildman–Crippen MR) is 102 cm³/mol. The maximum atomic E-state index is 12.3. The molecular formula is C16H11BrN4O2S2. The van der Waals surface area contributed by atoms with Gasteiger partial charge in [-0.3, -0.25) is 9.36 Å². The average Bonchev–Trinajstić information content (AvgIpc) is 3.26. The molecule has 0 saturated carbocycles. The minimum absolute atomic E-state index is 0.0471. The standard InChI is InChI=1S/C16H11BrN4O2S2/c1-21-15(22)11-5-6-24-14(11)19-16(21)25-8-12-18-13(20-23-12)9-3-2-4-10(17)7-9/h2-7H,8H2,1H3. The Hall–Kier alpha value is -1.97. The fraction of sp³-hybridized carbons (Fsp3) is 0.125. The van der Waals surface area contributed by atoms with Gasteiger partial charge in [-0.2, -0.15) is 4.98 Å². The molecule has 0 bridgehead atoms. The summed E-state index contributed by atoms with van der Waals surface area (Å²) in [4.78, 5) is 22.0. The zero-order valence-corrected chi connectivity index (χ0v) is 16.2. The molecule has 1 aromatic carbocycles. The van der Waals surface area contributed by atoms with E-state index in [9.17, 15) is 4.79 Å². The first kappa shape index (κ1) is 16.5. The maximum Gasteiger partial charge on any atom is 0.262 e. The Kier molecular flexibility index (Phi) is 4.45. The van der Waals surface area contributed by atoms with E-state index in [2.05, 4.69) is 31.1 Å². The van der Waals surface area contributed by atoms with Crippen LogP contribution < -0.4 is 5.56 Å². The van der Waals surface area contributed by atoms with E-state index in [4.69, 9.17) is 4.52 Å². The molecule has 0 radical (unpaired) electrons. The van der Waals surface area contributed by atoms with Crippen molar-refractivity contribution >= 4 is 49.2 Å². The summed E-state index contributed by atoms with van der Waals surface area (Å²) < 4.78 is 7.81. The van der Waals surface area contributed by atoms with Crippen LogP contribution in [-0.4, -0.2) is 19.7 Å². The second-order valence-corrected chi connectivity index (χ2v) is 7.96. The highest BCUT2D eigenvalue weighted by Crippen LogP contribution is 2.25. The average molecular weight is 435 g/mol. The van der Waals surface area contributed by atoms with E-state index in [1.165, 1.54) is 23.1 Å². The van der Waals surface area contributed by atoms with Crippen molar-refractivity contribution in [2.75, 3.05) is 0 Å². The Morgan fingerprint density at radius 1 is 1.32 bits per heavy atom. The molecule has 6 nitrogen and oxygen atoms in total. The lowest BCUT2D eigenvalue weighted by Gasteiger charge is -2.05. The number of halogens is 1. The normalized spacial score (nSPS) is 11.3. The second-order valence-electron chi connectivity index (χ2n) is 5.21. The van der Waals surface area contributed by atoms with Crippen molar-refractivity contribution in [2.45, 2.75) is 10.9 Å². The van der Waals surface area contributed by atoms with Crippen molar-refractivity contribution in [3.8, 4) is 11.4 Å². The lowest BCUT2D eigenvalue weighted by molar-refractivity contribution is 0.391. The smallest absolute Gasteiger partial charge is 0.262 e. The van der Waals surface area contributed by atoms with Crippen molar-refractivity contribution in [3.05, 3.63) is 56.4 Å². The molecule has 9 heteroatoms. The van der Waals surface area contributed by atoms with Crippen molar-refractivity contribution in [1.82, 2.24) is 19.7 Å². The minimum atomic E-state index is -0.0471. The van der Waals surface area contributed by atoms with E-state index >= 15 is 0 Å². The predicted octanol–water partition coefficient (Wildman–Crippen LogP) is 4.10. The number of thiophene rings is 1. The van der Waals surface area contributed by atoms with E-state index in [0.29, 0.717) is 28.0 Å². The molecule has 0 N–H and O–H groups in total. The van der Waals surface area contributed by atoms with E-state index in [1.807, 2.05) is 29.6 Å². The van der Waals surface area contributed by atoms with E-state index < -0.39 is 0 Å². The molecular weight excluding hydrogens is 424 g/mol. The SMILES string of the molecule is Cn1c(SCc2nc(-c3cccc(Br)c3)no2)nc2sccc2c1=O. The molecule has 4 aromatic rings. The molecule has 0 aliphatic heterocycles. The first-order chi connectivity index (χ1) is 12.1. The van der Waals surface area contributed by atoms with Gasteiger partial charge in [0.2, 0.25) is 11.7 Å². The van der Waals surface area contributed by atoms with Gasteiger partial charge in [-0.1, -0.05) is 45.0 Å². The summed E-state index contributed by atoms with van der Waals surface area (Å²) in [5, 5.41) is 7.16. The highest BCUT2D eigenvalue weighted by molar-refractivity contribution is 9.10. The van der Waals surface area contributed by atoms with Crippen molar-refractivity contribution in [2.24, 2.45) is 7.05 Å². The monoisotopic (exact) mass is 434 g/mol. The lowest BCUT2D eigenvalue weighted by atomic mass is 10.2. The number of fused-ring (bicyclic) bond motifs is 1. The first-order valence-corrected chi connectivity index (χ1v) is 9.93. The van der Waals surface area contributed by atoms with Gasteiger partial charge in [0, 0.05) is 17.1 Å². The van der Waals surface area contributed by atoms with Gasteiger partial charge in [0.1, 0.15) is 4.83 Å². The zero-order valence-electron chi connectivity index (χ0n) is 13.0. The first-order valence-electron chi connectivity index (χ1n) is 7.27. The van der Waals surface area contributed by atoms with Gasteiger partial charge in [-0.25, -0.2) is 4.98 Å². The van der Waals surface area contributed by atoms with Gasteiger partial charge in [-0.15, -0.1) is 11.3 Å². The molecule has 3 aromatic heterocycles. The highest BCUT2D eigenvalue weighted by Gasteiger charge is 2.13. The number of rotatable bonds is 4. The molecule has 0 aliphatic carbocycles. The summed E-state index contributed by atoms with van der Waals surface area (Å²) in [7, 11) is 1.72. The maximum absolute atomic E-state index is 12.3. The van der Waals surface area contributed by atoms with Crippen molar-refractivity contribution in [3.63, 3.8) is 0 Å². The topological polar surface area (TPSA) is 73.8 Å². The van der Waals surface area contributed by atoms with Gasteiger partial charge in [0.15, 0.2) is 5.16 Å². The molecule has 0 aliphatic rings. The summed E-state index contributed by atoms with van der Waals surface area (Å²) in [5.41, 5.74) is 0.828. The van der Waals surface area contributed by atoms with Crippen LogP contribution in [0.25, 0.3) is 21.6 Å². The number of hydrogen-bond donors (Lipinski definition) is 0. The summed E-state index contributed by atoms with van der Waals surface area (Å²) in [6.45, 7) is 0. The number of aromatic nitrogens is 4. The van der Waals surface area contributed by atoms with Crippen LogP contribution in [0, 0.1) is 0 Å². The van der Waals surface area contributed by atoms with Gasteiger partial charge >= 0.3 is 0 Å². The zero-order chi connectivity index (χ0) is 17.4. The van der Waals surface area contributed by atoms with E-state index in [0.717, 1.165) is 14.9 Å². The Bertz CT molecular complexity index is 1120. The van der Waals surface area contributed by atoms with Crippen LogP contribution in [0.15, 0.2) is 54.7 Å². The van der Waals surface area contributed by atoms with Crippen LogP contribution >= 0.6 is 39.0 Å². The Morgan fingerprint density at radius 3 is 3.04 bits per heavy atom. The van der Waals surface area contributed by atoms with Crippen LogP contribution in [0.4, 0.5) is 0 Å². The van der Waals surface area contributed by atoms with Crippen LogP contribution in [0.5, 0.6) is 0 Å². The largest absolute Gasteiger partial charge is 0.338 e. The third kappa shape index (κ3) is 3.26. The third-order valence-electron chi connectivity index (χ3n) is 3.54. The molecule has 0 unspecified atom stereocenters. The molecule has 0 amide bonds. The summed E-state index contributed by atoms with van der Waals surface area (Å²) >= 11 is 6.28. The van der Waals surface area contributed by atoms with E-state index in [1.54, 1.807) is 17.7 Å². The van der Waals surface area contributed by atoms with Gasteiger partial charge in [0.25, 0.3) is 5.56 Å². The molecule has 126 valence electrons. The number of nitrogens with zero attached hydrogens (tertiary/aromatic N) is 4. The molecule has 0 atom stereocenters. The van der Waals surface area contributed by atoms with Crippen molar-refractivity contribution in [1.29, 1.82) is 0 Å². The molecule has 25 heavy (non-hydrogen) atoms. The summed E-state index contributed by atoms with van der Waals surface area (Å²) in [5.74, 6) is 1.46. The summed E-state index contributed by atoms with van der Waals surface area (Å²) in [6, 6.07) is 9.50. The summed E-state index contributed by atoms with van der Waals surface area (Å²) in [6.07, 6.45) is 0. The van der Waals surface area contributed by atoms with Gasteiger partial charge < -0.3 is 4.52 Å². The Labute approximate surface area is 159 Å². The fourth-order valence-corrected chi connectivity index (χ4v) is 4.31. The van der Waals surface area contributed by atoms with E-state index in [-0.39, 0.29) is 5.56 Å². The third-order valence-corrected chi connectivity index (χ3v) is 5.85. The van der Waals surface area contributed by atoms with Crippen LogP contribution in [0.2, 0.25) is 0 Å². The number of benzene rings is 1. The molecule has 4 rings (SSSR count). The molecule has 0 spiro atoms. The quantitative estimate of drug-likeness (QED) is 0.355. The van der Waals surface area contributed by atoms with Crippen LogP contribution in [0.1, 0.15) is 5.89 Å². The fourth-order valence-electron chi connectivity index (χ4n) is 2.29. The molecule has 0 fully saturated rings. The molecule has 3 heterocycles. The van der Waals surface area contributed by atoms with Gasteiger partial charge in [-0.05, 0) is 23.6 Å². The Morgan fingerprint density at radius 2 is 2.20 bits per heavy atom. The van der Waals surface area contributed by atoms with Gasteiger partial charge in [0.05, 0.1) is 11.1 Å². The van der Waals surface area contributed by atoms with Crippen molar-refractivity contribution < 1.29 is 4.52 Å². The minimum Gasteiger partial charge on any atom is -0.338 e. The second kappa shape index (κ2) is 6.74. The number of thioether (sulfide) groups is 1.